The maximum atomic E-state index is 11.5. The van der Waals surface area contributed by atoms with Crippen molar-refractivity contribution in [2.75, 3.05) is 12.4 Å². The maximum Gasteiger partial charge on any atom is 0.349 e. The van der Waals surface area contributed by atoms with Gasteiger partial charge in [-0.25, -0.2) is 4.79 Å². The second-order valence-electron chi connectivity index (χ2n) is 3.45. The molecule has 0 saturated heterocycles. The average Bonchev–Trinajstić information content (AvgIpc) is 2.22. The summed E-state index contributed by atoms with van der Waals surface area (Å²) in [5, 5.41) is 2.99. The highest BCUT2D eigenvalue weighted by Crippen LogP contribution is 2.12. The van der Waals surface area contributed by atoms with Gasteiger partial charge in [0.05, 0.1) is 5.84 Å². The van der Waals surface area contributed by atoms with Gasteiger partial charge in [-0.2, -0.15) is 4.98 Å². The van der Waals surface area contributed by atoms with E-state index in [0.717, 1.165) is 17.1 Å². The Labute approximate surface area is 88.9 Å². The van der Waals surface area contributed by atoms with Gasteiger partial charge < -0.3 is 5.32 Å². The SMILES string of the molecule is CN=C(C)Nc1nc(=O)n(C)c(C)c1C. The Balaban J connectivity index is 3.27. The Morgan fingerprint density at radius 2 is 2.07 bits per heavy atom. The Morgan fingerprint density at radius 1 is 1.47 bits per heavy atom. The molecule has 5 heteroatoms. The third-order valence-corrected chi connectivity index (χ3v) is 2.53. The fourth-order valence-electron chi connectivity index (χ4n) is 1.17. The van der Waals surface area contributed by atoms with Crippen molar-refractivity contribution in [3.63, 3.8) is 0 Å². The van der Waals surface area contributed by atoms with Crippen molar-refractivity contribution in [2.45, 2.75) is 20.8 Å². The van der Waals surface area contributed by atoms with Crippen molar-refractivity contribution in [1.29, 1.82) is 0 Å². The van der Waals surface area contributed by atoms with E-state index >= 15 is 0 Å². The van der Waals surface area contributed by atoms with Gasteiger partial charge in [0.15, 0.2) is 0 Å². The second-order valence-corrected chi connectivity index (χ2v) is 3.45. The molecule has 1 aromatic heterocycles. The summed E-state index contributed by atoms with van der Waals surface area (Å²) in [6.07, 6.45) is 0. The summed E-state index contributed by atoms with van der Waals surface area (Å²) in [6, 6.07) is 0. The number of aliphatic imine (C=N–C) groups is 1. The maximum absolute atomic E-state index is 11.5. The van der Waals surface area contributed by atoms with Crippen molar-refractivity contribution in [2.24, 2.45) is 12.0 Å². The molecule has 1 N–H and O–H groups in total. The molecule has 0 aromatic carbocycles. The highest BCUT2D eigenvalue weighted by molar-refractivity contribution is 5.93. The molecule has 0 aliphatic rings. The van der Waals surface area contributed by atoms with Crippen LogP contribution in [-0.2, 0) is 7.05 Å². The molecule has 0 spiro atoms. The third-order valence-electron chi connectivity index (χ3n) is 2.53. The molecule has 1 aromatic rings. The second kappa shape index (κ2) is 4.25. The van der Waals surface area contributed by atoms with Gasteiger partial charge in [-0.15, -0.1) is 0 Å². The Bertz CT molecular complexity index is 459. The lowest BCUT2D eigenvalue weighted by atomic mass is 10.2. The molecule has 0 aliphatic carbocycles. The number of aromatic nitrogens is 2. The van der Waals surface area contributed by atoms with Crippen LogP contribution in [0.25, 0.3) is 0 Å². The lowest BCUT2D eigenvalue weighted by Crippen LogP contribution is -2.26. The van der Waals surface area contributed by atoms with E-state index in [9.17, 15) is 4.79 Å². The first-order chi connectivity index (χ1) is 6.97. The first kappa shape index (κ1) is 11.4. The van der Waals surface area contributed by atoms with Crippen LogP contribution in [0.15, 0.2) is 9.79 Å². The van der Waals surface area contributed by atoms with Crippen LogP contribution in [0.5, 0.6) is 0 Å². The van der Waals surface area contributed by atoms with Gasteiger partial charge >= 0.3 is 5.69 Å². The van der Waals surface area contributed by atoms with E-state index in [1.165, 1.54) is 4.57 Å². The number of amidine groups is 1. The molecule has 82 valence electrons. The summed E-state index contributed by atoms with van der Waals surface area (Å²) in [5.41, 5.74) is 1.60. The van der Waals surface area contributed by atoms with Gasteiger partial charge in [-0.1, -0.05) is 0 Å². The van der Waals surface area contributed by atoms with Crippen LogP contribution >= 0.6 is 0 Å². The molecule has 0 unspecified atom stereocenters. The summed E-state index contributed by atoms with van der Waals surface area (Å²) in [4.78, 5) is 19.4. The zero-order valence-electron chi connectivity index (χ0n) is 9.75. The van der Waals surface area contributed by atoms with E-state index < -0.39 is 0 Å². The molecule has 5 nitrogen and oxygen atoms in total. The van der Waals surface area contributed by atoms with Crippen LogP contribution in [0, 0.1) is 13.8 Å². The van der Waals surface area contributed by atoms with E-state index in [0.29, 0.717) is 5.82 Å². The standard InChI is InChI=1S/C10H16N4O/c1-6-7(2)14(5)10(15)13-9(6)12-8(3)11-4/h1-5H3,(H,11,12,13,15). The van der Waals surface area contributed by atoms with Crippen molar-refractivity contribution in [3.05, 3.63) is 21.7 Å². The monoisotopic (exact) mass is 208 g/mol. The van der Waals surface area contributed by atoms with Gasteiger partial charge in [0.25, 0.3) is 0 Å². The largest absolute Gasteiger partial charge is 0.349 e. The minimum atomic E-state index is -0.260. The summed E-state index contributed by atoms with van der Waals surface area (Å²) >= 11 is 0. The first-order valence-electron chi connectivity index (χ1n) is 4.72. The molecule has 0 atom stereocenters. The Kier molecular flexibility index (Phi) is 3.24. The summed E-state index contributed by atoms with van der Waals surface area (Å²) in [7, 11) is 3.40. The highest BCUT2D eigenvalue weighted by Gasteiger charge is 2.08. The lowest BCUT2D eigenvalue weighted by Gasteiger charge is -2.11. The normalized spacial score (nSPS) is 11.7. The van der Waals surface area contributed by atoms with Crippen LogP contribution in [0.3, 0.4) is 0 Å². The van der Waals surface area contributed by atoms with Crippen LogP contribution in [0.4, 0.5) is 5.82 Å². The predicted molar refractivity (Wildman–Crippen MR) is 61.6 cm³/mol. The highest BCUT2D eigenvalue weighted by atomic mass is 16.1. The topological polar surface area (TPSA) is 59.3 Å². The molecule has 0 fully saturated rings. The number of nitrogens with zero attached hydrogens (tertiary/aromatic N) is 3. The van der Waals surface area contributed by atoms with Crippen LogP contribution in [0.2, 0.25) is 0 Å². The van der Waals surface area contributed by atoms with Gasteiger partial charge in [0.1, 0.15) is 5.82 Å². The van der Waals surface area contributed by atoms with E-state index in [2.05, 4.69) is 15.3 Å². The quantitative estimate of drug-likeness (QED) is 0.550. The molecule has 0 amide bonds. The molecule has 15 heavy (non-hydrogen) atoms. The zero-order valence-corrected chi connectivity index (χ0v) is 9.75. The zero-order chi connectivity index (χ0) is 11.6. The number of hydrogen-bond donors (Lipinski definition) is 1. The number of anilines is 1. The fourth-order valence-corrected chi connectivity index (χ4v) is 1.17. The Morgan fingerprint density at radius 3 is 2.60 bits per heavy atom. The lowest BCUT2D eigenvalue weighted by molar-refractivity contribution is 0.768. The molecular formula is C10H16N4O. The molecule has 0 radical (unpaired) electrons. The van der Waals surface area contributed by atoms with Crippen molar-refractivity contribution in [1.82, 2.24) is 9.55 Å². The van der Waals surface area contributed by atoms with Crippen LogP contribution < -0.4 is 11.0 Å². The molecule has 0 aliphatic heterocycles. The van der Waals surface area contributed by atoms with Crippen molar-refractivity contribution >= 4 is 11.7 Å². The fraction of sp³-hybridized carbons (Fsp3) is 0.500. The molecule has 1 rings (SSSR count). The minimum absolute atomic E-state index is 0.260. The average molecular weight is 208 g/mol. The summed E-state index contributed by atoms with van der Waals surface area (Å²) in [6.45, 7) is 5.64. The summed E-state index contributed by atoms with van der Waals surface area (Å²) in [5.74, 6) is 1.32. The molecular weight excluding hydrogens is 192 g/mol. The van der Waals surface area contributed by atoms with E-state index in [-0.39, 0.29) is 5.69 Å². The van der Waals surface area contributed by atoms with Crippen molar-refractivity contribution < 1.29 is 0 Å². The number of nitrogens with one attached hydrogen (secondary N) is 1. The first-order valence-corrected chi connectivity index (χ1v) is 4.72. The van der Waals surface area contributed by atoms with Crippen molar-refractivity contribution in [3.8, 4) is 0 Å². The third kappa shape index (κ3) is 2.23. The van der Waals surface area contributed by atoms with E-state index in [1.54, 1.807) is 14.1 Å². The van der Waals surface area contributed by atoms with Gasteiger partial charge in [0.2, 0.25) is 0 Å². The predicted octanol–water partition coefficient (Wildman–Crippen LogP) is 0.857. The van der Waals surface area contributed by atoms with Crippen LogP contribution in [0.1, 0.15) is 18.2 Å². The Hall–Kier alpha value is -1.65. The summed E-state index contributed by atoms with van der Waals surface area (Å²) < 4.78 is 1.53. The number of rotatable bonds is 1. The van der Waals surface area contributed by atoms with E-state index in [4.69, 9.17) is 0 Å². The minimum Gasteiger partial charge on any atom is -0.329 e. The van der Waals surface area contributed by atoms with Gasteiger partial charge in [-0.3, -0.25) is 9.56 Å². The van der Waals surface area contributed by atoms with Crippen LogP contribution in [-0.4, -0.2) is 22.4 Å². The smallest absolute Gasteiger partial charge is 0.329 e. The molecule has 0 saturated carbocycles. The van der Waals surface area contributed by atoms with E-state index in [1.807, 2.05) is 20.8 Å². The molecule has 1 heterocycles. The van der Waals surface area contributed by atoms with Gasteiger partial charge in [0, 0.05) is 25.4 Å². The number of hydrogen-bond acceptors (Lipinski definition) is 3. The van der Waals surface area contributed by atoms with Gasteiger partial charge in [-0.05, 0) is 20.8 Å². The molecule has 0 bridgehead atoms.